The summed E-state index contributed by atoms with van der Waals surface area (Å²) in [5.41, 5.74) is 2.23. The van der Waals surface area contributed by atoms with Gasteiger partial charge in [0.2, 0.25) is 0 Å². The van der Waals surface area contributed by atoms with Crippen molar-refractivity contribution in [3.8, 4) is 0 Å². The van der Waals surface area contributed by atoms with E-state index in [2.05, 4.69) is 36.2 Å². The fraction of sp³-hybridized carbons (Fsp3) is 0. The molecular formula is C7H5IN2S. The second-order valence-corrected chi connectivity index (χ2v) is 3.83. The molecule has 0 unspecified atom stereocenters. The normalized spacial score (nSPS) is 10.6. The van der Waals surface area contributed by atoms with Crippen molar-refractivity contribution < 1.29 is 0 Å². The number of hydrogen-bond donors (Lipinski definition) is 0. The van der Waals surface area contributed by atoms with E-state index >= 15 is 0 Å². The number of aromatic nitrogens is 2. The van der Waals surface area contributed by atoms with Gasteiger partial charge in [0.15, 0.2) is 0 Å². The number of rotatable bonds is 1. The Morgan fingerprint density at radius 1 is 1.45 bits per heavy atom. The van der Waals surface area contributed by atoms with Gasteiger partial charge in [-0.25, -0.2) is 0 Å². The van der Waals surface area contributed by atoms with E-state index in [0.717, 1.165) is 5.52 Å². The van der Waals surface area contributed by atoms with Gasteiger partial charge in [-0.05, 0) is 18.2 Å². The van der Waals surface area contributed by atoms with Crippen LogP contribution in [0.25, 0.3) is 11.0 Å². The number of nitrogens with zero attached hydrogens (tertiary/aromatic N) is 2. The molecule has 0 radical (unpaired) electrons. The molecule has 0 amide bonds. The lowest BCUT2D eigenvalue weighted by Gasteiger charge is -1.94. The second kappa shape index (κ2) is 3.02. The summed E-state index contributed by atoms with van der Waals surface area (Å²) in [4.78, 5) is 4.21. The summed E-state index contributed by atoms with van der Waals surface area (Å²) in [5, 5.41) is 0. The minimum atomic E-state index is 1.05. The molecule has 2 nitrogen and oxygen atoms in total. The Bertz CT molecular complexity index is 371. The van der Waals surface area contributed by atoms with E-state index in [4.69, 9.17) is 0 Å². The smallest absolute Gasteiger partial charge is 0.0890 e. The fourth-order valence-corrected chi connectivity index (χ4v) is 2.37. The van der Waals surface area contributed by atoms with E-state index < -0.39 is 0 Å². The average molecular weight is 276 g/mol. The zero-order valence-corrected chi connectivity index (χ0v) is 8.54. The summed E-state index contributed by atoms with van der Waals surface area (Å²) in [6.45, 7) is 0. The molecule has 0 bridgehead atoms. The van der Waals surface area contributed by atoms with E-state index in [1.165, 1.54) is 5.52 Å². The largest absolute Gasteiger partial charge is 0.281 e. The van der Waals surface area contributed by atoms with Crippen molar-refractivity contribution in [3.05, 3.63) is 30.6 Å². The molecular weight excluding hydrogens is 271 g/mol. The summed E-state index contributed by atoms with van der Waals surface area (Å²) in [7, 11) is 1.65. The SMILES string of the molecule is ISn1ccc2ncccc21. The van der Waals surface area contributed by atoms with Gasteiger partial charge >= 0.3 is 0 Å². The highest BCUT2D eigenvalue weighted by Crippen LogP contribution is 2.22. The van der Waals surface area contributed by atoms with Crippen molar-refractivity contribution in [1.29, 1.82) is 0 Å². The van der Waals surface area contributed by atoms with Crippen LogP contribution < -0.4 is 0 Å². The van der Waals surface area contributed by atoms with Crippen molar-refractivity contribution in [2.75, 3.05) is 0 Å². The first-order valence-electron chi connectivity index (χ1n) is 3.13. The molecule has 0 aliphatic heterocycles. The van der Waals surface area contributed by atoms with Crippen LogP contribution in [0.15, 0.2) is 30.6 Å². The maximum absolute atomic E-state index is 4.21. The first-order chi connectivity index (χ1) is 5.42. The lowest BCUT2D eigenvalue weighted by molar-refractivity contribution is 1.35. The zero-order valence-electron chi connectivity index (χ0n) is 5.57. The highest BCUT2D eigenvalue weighted by Gasteiger charge is 1.98. The van der Waals surface area contributed by atoms with Crippen LogP contribution in [0.2, 0.25) is 0 Å². The Morgan fingerprint density at radius 3 is 3.18 bits per heavy atom. The van der Waals surface area contributed by atoms with Crippen molar-refractivity contribution >= 4 is 41.4 Å². The summed E-state index contributed by atoms with van der Waals surface area (Å²) < 4.78 is 2.09. The predicted octanol–water partition coefficient (Wildman–Crippen LogP) is 2.88. The Morgan fingerprint density at radius 2 is 2.36 bits per heavy atom. The van der Waals surface area contributed by atoms with Gasteiger partial charge < -0.3 is 0 Å². The monoisotopic (exact) mass is 276 g/mol. The lowest BCUT2D eigenvalue weighted by Crippen LogP contribution is -1.78. The molecule has 0 aliphatic rings. The Balaban J connectivity index is 2.76. The third-order valence-corrected chi connectivity index (χ3v) is 3.24. The highest BCUT2D eigenvalue weighted by atomic mass is 127. The number of halogens is 1. The third kappa shape index (κ3) is 1.24. The molecule has 0 aromatic carbocycles. The van der Waals surface area contributed by atoms with E-state index in [0.29, 0.717) is 0 Å². The van der Waals surface area contributed by atoms with Crippen LogP contribution in [0.1, 0.15) is 0 Å². The summed E-state index contributed by atoms with van der Waals surface area (Å²) in [5.74, 6) is 0. The molecule has 0 atom stereocenters. The molecule has 2 aromatic heterocycles. The van der Waals surface area contributed by atoms with E-state index in [1.54, 1.807) is 9.12 Å². The van der Waals surface area contributed by atoms with Gasteiger partial charge in [-0.3, -0.25) is 8.96 Å². The van der Waals surface area contributed by atoms with Crippen LogP contribution in [0.5, 0.6) is 0 Å². The molecule has 2 aromatic rings. The summed E-state index contributed by atoms with van der Waals surface area (Å²) in [6.07, 6.45) is 3.83. The fourth-order valence-electron chi connectivity index (χ4n) is 1.00. The Hall–Kier alpha value is -0.230. The maximum atomic E-state index is 4.21. The summed E-state index contributed by atoms with van der Waals surface area (Å²) >= 11 is 2.25. The van der Waals surface area contributed by atoms with Crippen LogP contribution >= 0.6 is 30.3 Å². The van der Waals surface area contributed by atoms with Gasteiger partial charge in [0.25, 0.3) is 0 Å². The molecule has 0 aliphatic carbocycles. The van der Waals surface area contributed by atoms with Gasteiger partial charge in [-0.2, -0.15) is 0 Å². The van der Waals surface area contributed by atoms with Crippen LogP contribution in [-0.2, 0) is 0 Å². The van der Waals surface area contributed by atoms with Gasteiger partial charge in [-0.15, -0.1) is 0 Å². The maximum Gasteiger partial charge on any atom is 0.0890 e. The van der Waals surface area contributed by atoms with Crippen molar-refractivity contribution in [3.63, 3.8) is 0 Å². The number of hydrogen-bond acceptors (Lipinski definition) is 2. The molecule has 0 saturated carbocycles. The number of pyridine rings is 1. The van der Waals surface area contributed by atoms with Crippen molar-refractivity contribution in [2.24, 2.45) is 0 Å². The second-order valence-electron chi connectivity index (χ2n) is 2.12. The van der Waals surface area contributed by atoms with Crippen LogP contribution in [-0.4, -0.2) is 8.96 Å². The first kappa shape index (κ1) is 7.42. The van der Waals surface area contributed by atoms with E-state index in [-0.39, 0.29) is 0 Å². The van der Waals surface area contributed by atoms with Gasteiger partial charge in [0.05, 0.1) is 11.0 Å². The molecule has 0 saturated heterocycles. The third-order valence-electron chi connectivity index (χ3n) is 1.50. The highest BCUT2D eigenvalue weighted by molar-refractivity contribution is 14.2. The van der Waals surface area contributed by atoms with E-state index in [1.807, 2.05) is 24.5 Å². The molecule has 4 heteroatoms. The predicted molar refractivity (Wildman–Crippen MR) is 56.7 cm³/mol. The Kier molecular flexibility index (Phi) is 2.04. The first-order valence-corrected chi connectivity index (χ1v) is 6.44. The lowest BCUT2D eigenvalue weighted by atomic mass is 10.4. The molecule has 2 heterocycles. The molecule has 56 valence electrons. The van der Waals surface area contributed by atoms with Crippen molar-refractivity contribution in [1.82, 2.24) is 8.96 Å². The molecule has 0 N–H and O–H groups in total. The molecule has 2 rings (SSSR count). The minimum Gasteiger partial charge on any atom is -0.281 e. The topological polar surface area (TPSA) is 17.8 Å². The van der Waals surface area contributed by atoms with Gasteiger partial charge in [-0.1, -0.05) is 0 Å². The Labute approximate surface area is 80.7 Å². The minimum absolute atomic E-state index is 1.05. The molecule has 0 fully saturated rings. The summed E-state index contributed by atoms with van der Waals surface area (Å²) in [6, 6.07) is 6.03. The number of fused-ring (bicyclic) bond motifs is 1. The average Bonchev–Trinajstić information content (AvgIpc) is 2.47. The quantitative estimate of drug-likeness (QED) is 0.745. The van der Waals surface area contributed by atoms with Gasteiger partial charge in [0.1, 0.15) is 0 Å². The molecule has 0 spiro atoms. The van der Waals surface area contributed by atoms with Crippen LogP contribution in [0.3, 0.4) is 0 Å². The van der Waals surface area contributed by atoms with Crippen molar-refractivity contribution in [2.45, 2.75) is 0 Å². The molecule has 11 heavy (non-hydrogen) atoms. The van der Waals surface area contributed by atoms with Gasteiger partial charge in [0, 0.05) is 42.7 Å². The van der Waals surface area contributed by atoms with Crippen LogP contribution in [0, 0.1) is 0 Å². The van der Waals surface area contributed by atoms with Crippen LogP contribution in [0.4, 0.5) is 0 Å². The zero-order chi connectivity index (χ0) is 7.68. The van der Waals surface area contributed by atoms with E-state index in [9.17, 15) is 0 Å². The standard InChI is InChI=1S/C7H5IN2S/c8-11-10-5-3-6-7(10)2-1-4-9-6/h1-5H.